The maximum absolute atomic E-state index is 11.3. The molecule has 0 aromatic rings. The van der Waals surface area contributed by atoms with Crippen LogP contribution in [0.1, 0.15) is 51.4 Å². The minimum atomic E-state index is -1.73. The molecular formula is C14H24N2O6. The van der Waals surface area contributed by atoms with Gasteiger partial charge in [-0.2, -0.15) is 0 Å². The van der Waals surface area contributed by atoms with E-state index in [1.807, 2.05) is 0 Å². The summed E-state index contributed by atoms with van der Waals surface area (Å²) in [5.74, 6) is -6.00. The molecule has 1 rings (SSSR count). The largest absolute Gasteiger partial charge is 0.481 e. The Labute approximate surface area is 128 Å². The molecule has 0 aromatic carbocycles. The van der Waals surface area contributed by atoms with Crippen molar-refractivity contribution >= 4 is 17.7 Å². The van der Waals surface area contributed by atoms with E-state index in [1.165, 1.54) is 0 Å². The van der Waals surface area contributed by atoms with Gasteiger partial charge in [0.1, 0.15) is 11.6 Å². The van der Waals surface area contributed by atoms with Crippen molar-refractivity contribution in [3.8, 4) is 0 Å². The van der Waals surface area contributed by atoms with Gasteiger partial charge in [-0.25, -0.2) is 4.79 Å². The first-order chi connectivity index (χ1) is 10.2. The average molecular weight is 316 g/mol. The summed E-state index contributed by atoms with van der Waals surface area (Å²) in [6.07, 6.45) is 4.02. The van der Waals surface area contributed by atoms with E-state index in [2.05, 4.69) is 5.32 Å². The van der Waals surface area contributed by atoms with E-state index in [0.29, 0.717) is 25.7 Å². The lowest BCUT2D eigenvalue weighted by molar-refractivity contribution is -0.157. The number of aliphatic carboxylic acids is 2. The van der Waals surface area contributed by atoms with Crippen molar-refractivity contribution in [1.29, 1.82) is 0 Å². The van der Waals surface area contributed by atoms with E-state index in [1.54, 1.807) is 0 Å². The number of aliphatic hydroxyl groups is 1. The number of ketones is 1. The number of hydrogen-bond donors (Lipinski definition) is 5. The first-order valence-corrected chi connectivity index (χ1v) is 7.51. The monoisotopic (exact) mass is 316 g/mol. The van der Waals surface area contributed by atoms with E-state index in [4.69, 9.17) is 15.9 Å². The van der Waals surface area contributed by atoms with Crippen molar-refractivity contribution in [2.45, 2.75) is 63.3 Å². The van der Waals surface area contributed by atoms with Crippen molar-refractivity contribution in [2.75, 3.05) is 0 Å². The molecule has 0 aromatic heterocycles. The summed E-state index contributed by atoms with van der Waals surface area (Å²) in [5.41, 5.74) is 4.74. The molecule has 1 aliphatic rings. The molecule has 0 amide bonds. The molecule has 0 bridgehead atoms. The van der Waals surface area contributed by atoms with Gasteiger partial charge in [0.2, 0.25) is 0 Å². The molecule has 8 heteroatoms. The minimum Gasteiger partial charge on any atom is -0.481 e. The Morgan fingerprint density at radius 2 is 1.91 bits per heavy atom. The number of carbonyl (C=O) groups excluding carboxylic acids is 1. The fourth-order valence-electron chi connectivity index (χ4n) is 2.75. The fourth-order valence-corrected chi connectivity index (χ4v) is 2.75. The lowest BCUT2D eigenvalue weighted by Gasteiger charge is -2.30. The third-order valence-corrected chi connectivity index (χ3v) is 3.97. The van der Waals surface area contributed by atoms with E-state index in [-0.39, 0.29) is 12.6 Å². The van der Waals surface area contributed by atoms with Crippen LogP contribution in [-0.2, 0) is 14.4 Å². The number of nitrogens with two attached hydrogens (primary N) is 1. The number of carbonyl (C=O) groups is 3. The van der Waals surface area contributed by atoms with Gasteiger partial charge in [-0.3, -0.25) is 14.9 Å². The van der Waals surface area contributed by atoms with Gasteiger partial charge in [0, 0.05) is 0 Å². The highest BCUT2D eigenvalue weighted by Crippen LogP contribution is 2.24. The number of rotatable bonds is 8. The summed E-state index contributed by atoms with van der Waals surface area (Å²) in [6.45, 7) is 0. The lowest BCUT2D eigenvalue weighted by Crippen LogP contribution is -2.52. The molecular weight excluding hydrogens is 292 g/mol. The van der Waals surface area contributed by atoms with Gasteiger partial charge in [-0.1, -0.05) is 12.8 Å². The Morgan fingerprint density at radius 3 is 2.50 bits per heavy atom. The van der Waals surface area contributed by atoms with Crippen LogP contribution in [0, 0.1) is 5.92 Å². The zero-order valence-electron chi connectivity index (χ0n) is 12.5. The highest BCUT2D eigenvalue weighted by atomic mass is 16.4. The van der Waals surface area contributed by atoms with Crippen LogP contribution in [0.15, 0.2) is 0 Å². The topological polar surface area (TPSA) is 150 Å². The summed E-state index contributed by atoms with van der Waals surface area (Å²) >= 11 is 0. The molecule has 0 spiro atoms. The standard InChI is InChI=1S/C14H24N2O6/c15-10-6-2-4-8-14(22,16-10)7-3-1-5-9(12(18)19)11(17)13(20)21/h9-10,16,22H,1-8,15H2,(H,18,19)(H,20,21)/t9-,10?,14-/m0/s1. The highest BCUT2D eigenvalue weighted by molar-refractivity contribution is 6.36. The van der Waals surface area contributed by atoms with Crippen LogP contribution in [0.2, 0.25) is 0 Å². The van der Waals surface area contributed by atoms with Crippen LogP contribution < -0.4 is 11.1 Å². The summed E-state index contributed by atoms with van der Waals surface area (Å²) in [4.78, 5) is 32.8. The molecule has 1 unspecified atom stereocenters. The predicted molar refractivity (Wildman–Crippen MR) is 76.8 cm³/mol. The average Bonchev–Trinajstić information content (AvgIpc) is 2.58. The zero-order chi connectivity index (χ0) is 16.8. The molecule has 1 aliphatic heterocycles. The van der Waals surface area contributed by atoms with Gasteiger partial charge < -0.3 is 21.1 Å². The molecule has 0 radical (unpaired) electrons. The van der Waals surface area contributed by atoms with E-state index in [9.17, 15) is 19.5 Å². The summed E-state index contributed by atoms with van der Waals surface area (Å²) in [5, 5.41) is 30.9. The molecule has 0 saturated carbocycles. The van der Waals surface area contributed by atoms with E-state index >= 15 is 0 Å². The number of Topliss-reactive ketones (excluding diaryl/α,β-unsaturated/α-hetero) is 1. The smallest absolute Gasteiger partial charge is 0.373 e. The van der Waals surface area contributed by atoms with Crippen molar-refractivity contribution < 1.29 is 29.7 Å². The van der Waals surface area contributed by atoms with Crippen molar-refractivity contribution in [2.24, 2.45) is 11.7 Å². The van der Waals surface area contributed by atoms with Gasteiger partial charge in [-0.15, -0.1) is 0 Å². The third-order valence-electron chi connectivity index (χ3n) is 3.97. The predicted octanol–water partition coefficient (Wildman–Crippen LogP) is 0.0383. The molecule has 126 valence electrons. The maximum Gasteiger partial charge on any atom is 0.373 e. The van der Waals surface area contributed by atoms with Gasteiger partial charge >= 0.3 is 11.9 Å². The van der Waals surface area contributed by atoms with Gasteiger partial charge in [-0.05, 0) is 38.5 Å². The molecule has 1 saturated heterocycles. The molecule has 1 heterocycles. The Hall–Kier alpha value is -1.51. The lowest BCUT2D eigenvalue weighted by atomic mass is 9.94. The maximum atomic E-state index is 11.3. The Balaban J connectivity index is 2.43. The Kier molecular flexibility index (Phi) is 6.92. The summed E-state index contributed by atoms with van der Waals surface area (Å²) in [6, 6.07) is 0. The van der Waals surface area contributed by atoms with Crippen molar-refractivity contribution in [3.63, 3.8) is 0 Å². The van der Waals surface area contributed by atoms with Gasteiger partial charge in [0.25, 0.3) is 5.78 Å². The Bertz CT molecular complexity index is 428. The number of unbranched alkanes of at least 4 members (excludes halogenated alkanes) is 1. The van der Waals surface area contributed by atoms with Crippen LogP contribution >= 0.6 is 0 Å². The molecule has 22 heavy (non-hydrogen) atoms. The number of hydrogen-bond acceptors (Lipinski definition) is 6. The molecule has 6 N–H and O–H groups in total. The molecule has 8 nitrogen and oxygen atoms in total. The Morgan fingerprint density at radius 1 is 1.23 bits per heavy atom. The van der Waals surface area contributed by atoms with Gasteiger partial charge in [0.05, 0.1) is 6.17 Å². The molecule has 3 atom stereocenters. The van der Waals surface area contributed by atoms with Crippen LogP contribution in [0.3, 0.4) is 0 Å². The van der Waals surface area contributed by atoms with E-state index in [0.717, 1.165) is 19.3 Å². The first-order valence-electron chi connectivity index (χ1n) is 7.51. The fraction of sp³-hybridized carbons (Fsp3) is 0.786. The number of carboxylic acids is 2. The molecule has 0 aliphatic carbocycles. The van der Waals surface area contributed by atoms with Crippen LogP contribution in [0.5, 0.6) is 0 Å². The second-order valence-electron chi connectivity index (χ2n) is 5.83. The van der Waals surface area contributed by atoms with Crippen LogP contribution in [-0.4, -0.2) is 44.9 Å². The summed E-state index contributed by atoms with van der Waals surface area (Å²) in [7, 11) is 0. The quantitative estimate of drug-likeness (QED) is 0.239. The normalized spacial score (nSPS) is 26.9. The third kappa shape index (κ3) is 5.70. The van der Waals surface area contributed by atoms with Gasteiger partial charge in [0.15, 0.2) is 0 Å². The second-order valence-corrected chi connectivity index (χ2v) is 5.83. The second kappa shape index (κ2) is 8.21. The zero-order valence-corrected chi connectivity index (χ0v) is 12.5. The van der Waals surface area contributed by atoms with Crippen LogP contribution in [0.4, 0.5) is 0 Å². The summed E-state index contributed by atoms with van der Waals surface area (Å²) < 4.78 is 0. The number of carboxylic acid groups (broad SMARTS) is 2. The van der Waals surface area contributed by atoms with Crippen molar-refractivity contribution in [1.82, 2.24) is 5.32 Å². The van der Waals surface area contributed by atoms with Crippen LogP contribution in [0.25, 0.3) is 0 Å². The highest BCUT2D eigenvalue weighted by Gasteiger charge is 2.32. The van der Waals surface area contributed by atoms with Crippen molar-refractivity contribution in [3.05, 3.63) is 0 Å². The molecule has 1 fully saturated rings. The minimum absolute atomic E-state index is 0.0530. The number of nitrogens with one attached hydrogen (secondary N) is 1. The first kappa shape index (κ1) is 18.5. The van der Waals surface area contributed by atoms with E-state index < -0.39 is 29.4 Å². The SMILES string of the molecule is NC1CCCC[C@@](O)(CCCC[C@H](C(=O)O)C(=O)C(=O)O)N1.